The maximum Gasteiger partial charge on any atom is 0.268 e. The number of halogens is 3. The number of methoxy groups -OCH3 is 3. The van der Waals surface area contributed by atoms with E-state index in [1.165, 1.54) is 44.5 Å². The fourth-order valence-corrected chi connectivity index (χ4v) is 5.96. The molecule has 2 aliphatic heterocycles. The van der Waals surface area contributed by atoms with Crippen molar-refractivity contribution in [1.82, 2.24) is 10.4 Å². The minimum atomic E-state index is -1.17. The molecule has 9 nitrogen and oxygen atoms in total. The van der Waals surface area contributed by atoms with Crippen molar-refractivity contribution in [2.75, 3.05) is 26.2 Å². The van der Waals surface area contributed by atoms with Gasteiger partial charge in [0.2, 0.25) is 11.7 Å². The molecule has 202 valence electrons. The molecule has 0 bridgehead atoms. The Bertz CT molecular complexity index is 1500. The normalized spacial score (nSPS) is 20.3. The second-order valence-electron chi connectivity index (χ2n) is 8.79. The Hall–Kier alpha value is -3.31. The molecule has 3 aromatic carbocycles. The van der Waals surface area contributed by atoms with Crippen molar-refractivity contribution < 1.29 is 28.6 Å². The maximum atomic E-state index is 14.0. The first kappa shape index (κ1) is 27.3. The quantitative estimate of drug-likeness (QED) is 0.380. The van der Waals surface area contributed by atoms with Crippen LogP contribution < -0.4 is 24.5 Å². The summed E-state index contributed by atoms with van der Waals surface area (Å²) in [5.41, 5.74) is 4.11. The third-order valence-electron chi connectivity index (χ3n) is 6.75. The summed E-state index contributed by atoms with van der Waals surface area (Å²) >= 11 is 15.8. The first-order valence-electron chi connectivity index (χ1n) is 11.7. The van der Waals surface area contributed by atoms with Gasteiger partial charge in [-0.2, -0.15) is 0 Å². The average Bonchev–Trinajstić information content (AvgIpc) is 3.43. The van der Waals surface area contributed by atoms with Crippen LogP contribution in [0.3, 0.4) is 0 Å². The van der Waals surface area contributed by atoms with Crippen LogP contribution in [0.2, 0.25) is 10.0 Å². The number of carbonyl (C=O) groups is 3. The number of benzene rings is 3. The average molecular weight is 635 g/mol. The Kier molecular flexibility index (Phi) is 7.47. The van der Waals surface area contributed by atoms with Crippen LogP contribution in [-0.2, 0) is 9.59 Å². The molecule has 12 heteroatoms. The van der Waals surface area contributed by atoms with Crippen molar-refractivity contribution >= 4 is 62.5 Å². The number of imide groups is 1. The highest BCUT2D eigenvalue weighted by molar-refractivity contribution is 9.10. The molecule has 3 unspecified atom stereocenters. The van der Waals surface area contributed by atoms with Gasteiger partial charge < -0.3 is 14.2 Å². The summed E-state index contributed by atoms with van der Waals surface area (Å²) in [5, 5.41) is 1.68. The van der Waals surface area contributed by atoms with Crippen molar-refractivity contribution in [3.8, 4) is 17.2 Å². The van der Waals surface area contributed by atoms with Gasteiger partial charge >= 0.3 is 0 Å². The summed E-state index contributed by atoms with van der Waals surface area (Å²) in [6.07, 6.45) is 0. The molecule has 0 saturated carbocycles. The summed E-state index contributed by atoms with van der Waals surface area (Å²) in [6, 6.07) is 12.6. The zero-order chi connectivity index (χ0) is 28.0. The molecule has 2 aliphatic rings. The smallest absolute Gasteiger partial charge is 0.268 e. The molecule has 39 heavy (non-hydrogen) atoms. The fourth-order valence-electron chi connectivity index (χ4n) is 5.06. The van der Waals surface area contributed by atoms with Gasteiger partial charge in [-0.05, 0) is 48.5 Å². The Morgan fingerprint density at radius 2 is 1.67 bits per heavy atom. The molecule has 3 amide bonds. The summed E-state index contributed by atoms with van der Waals surface area (Å²) in [7, 11) is 4.41. The third kappa shape index (κ3) is 4.51. The van der Waals surface area contributed by atoms with E-state index in [4.69, 9.17) is 37.4 Å². The zero-order valence-corrected chi connectivity index (χ0v) is 24.0. The summed E-state index contributed by atoms with van der Waals surface area (Å²) in [4.78, 5) is 42.6. The van der Waals surface area contributed by atoms with Crippen molar-refractivity contribution in [3.05, 3.63) is 80.2 Å². The molecule has 0 aliphatic carbocycles. The Labute approximate surface area is 242 Å². The topological polar surface area (TPSA) is 97.4 Å². The minimum absolute atomic E-state index is 0.127. The molecular formula is C27H22BrCl2N3O6. The Morgan fingerprint density at radius 3 is 2.31 bits per heavy atom. The number of hydrazine groups is 1. The van der Waals surface area contributed by atoms with Crippen LogP contribution in [0.15, 0.2) is 59.1 Å². The van der Waals surface area contributed by atoms with E-state index in [2.05, 4.69) is 21.4 Å². The SMILES string of the molecule is COc1ccc(C2NN(C(=O)c3cccc(Br)c3)C3C(=O)N(c4ccc(Cl)cc4Cl)C(=O)C23)c(OC)c1OC. The van der Waals surface area contributed by atoms with Gasteiger partial charge in [-0.25, -0.2) is 10.3 Å². The van der Waals surface area contributed by atoms with Crippen molar-refractivity contribution in [2.45, 2.75) is 12.1 Å². The van der Waals surface area contributed by atoms with Gasteiger partial charge in [0.25, 0.3) is 11.8 Å². The number of ether oxygens (including phenoxy) is 3. The van der Waals surface area contributed by atoms with Crippen LogP contribution in [0.4, 0.5) is 5.69 Å². The molecule has 1 N–H and O–H groups in total. The molecule has 0 aromatic heterocycles. The number of nitrogens with zero attached hydrogens (tertiary/aromatic N) is 2. The van der Waals surface area contributed by atoms with Crippen molar-refractivity contribution in [3.63, 3.8) is 0 Å². The second-order valence-corrected chi connectivity index (χ2v) is 10.6. The number of hydrogen-bond acceptors (Lipinski definition) is 7. The molecule has 2 saturated heterocycles. The monoisotopic (exact) mass is 633 g/mol. The number of fused-ring (bicyclic) bond motifs is 1. The van der Waals surface area contributed by atoms with Crippen LogP contribution in [0, 0.1) is 5.92 Å². The van der Waals surface area contributed by atoms with Gasteiger partial charge in [0.05, 0.1) is 44.0 Å². The van der Waals surface area contributed by atoms with Gasteiger partial charge in [0.1, 0.15) is 6.04 Å². The van der Waals surface area contributed by atoms with Crippen molar-refractivity contribution in [2.24, 2.45) is 5.92 Å². The van der Waals surface area contributed by atoms with E-state index in [1.807, 2.05) is 0 Å². The number of amides is 3. The first-order valence-corrected chi connectivity index (χ1v) is 13.2. The molecular weight excluding hydrogens is 613 g/mol. The van der Waals surface area contributed by atoms with Gasteiger partial charge in [-0.1, -0.05) is 45.2 Å². The van der Waals surface area contributed by atoms with E-state index in [0.717, 1.165) is 4.90 Å². The lowest BCUT2D eigenvalue weighted by atomic mass is 9.90. The standard InChI is InChI=1S/C27H22BrCl2N3O6/c1-37-19-10-8-16(23(38-2)24(19)39-3)21-20-22(33(31-21)25(34)13-5-4-6-14(28)11-13)27(36)32(26(20)35)18-9-7-15(29)12-17(18)30/h4-12,20-22,31H,1-3H3. The van der Waals surface area contributed by atoms with Crippen molar-refractivity contribution in [1.29, 1.82) is 0 Å². The van der Waals surface area contributed by atoms with E-state index in [0.29, 0.717) is 37.9 Å². The predicted octanol–water partition coefficient (Wildman–Crippen LogP) is 5.04. The first-order chi connectivity index (χ1) is 18.7. The Balaban J connectivity index is 1.66. The van der Waals surface area contributed by atoms with E-state index < -0.39 is 35.7 Å². The summed E-state index contributed by atoms with van der Waals surface area (Å²) in [6.45, 7) is 0. The number of rotatable bonds is 6. The molecule has 0 radical (unpaired) electrons. The van der Waals surface area contributed by atoms with E-state index in [9.17, 15) is 14.4 Å². The van der Waals surface area contributed by atoms with Crippen LogP contribution in [0.1, 0.15) is 22.0 Å². The number of hydrogen-bond donors (Lipinski definition) is 1. The predicted molar refractivity (Wildman–Crippen MR) is 149 cm³/mol. The van der Waals surface area contributed by atoms with Gasteiger partial charge in [0, 0.05) is 20.6 Å². The molecule has 3 aromatic rings. The number of carbonyl (C=O) groups excluding carboxylic acids is 3. The van der Waals surface area contributed by atoms with Crippen LogP contribution >= 0.6 is 39.1 Å². The minimum Gasteiger partial charge on any atom is -0.493 e. The van der Waals surface area contributed by atoms with E-state index >= 15 is 0 Å². The lowest BCUT2D eigenvalue weighted by Gasteiger charge is -2.26. The largest absolute Gasteiger partial charge is 0.493 e. The Morgan fingerprint density at radius 1 is 0.923 bits per heavy atom. The summed E-state index contributed by atoms with van der Waals surface area (Å²) in [5.74, 6) is -1.61. The molecule has 5 rings (SSSR count). The molecule has 2 heterocycles. The highest BCUT2D eigenvalue weighted by atomic mass is 79.9. The second kappa shape index (κ2) is 10.7. The number of nitrogens with one attached hydrogen (secondary N) is 1. The molecule has 3 atom stereocenters. The lowest BCUT2D eigenvalue weighted by Crippen LogP contribution is -2.48. The van der Waals surface area contributed by atoms with E-state index in [1.54, 1.807) is 36.4 Å². The molecule has 0 spiro atoms. The van der Waals surface area contributed by atoms with Crippen LogP contribution in [0.5, 0.6) is 17.2 Å². The fraction of sp³-hybridized carbons (Fsp3) is 0.222. The van der Waals surface area contributed by atoms with Gasteiger partial charge in [-0.15, -0.1) is 0 Å². The van der Waals surface area contributed by atoms with Gasteiger partial charge in [0.15, 0.2) is 11.5 Å². The van der Waals surface area contributed by atoms with Gasteiger partial charge in [-0.3, -0.25) is 19.4 Å². The highest BCUT2D eigenvalue weighted by Crippen LogP contribution is 2.49. The molecule has 2 fully saturated rings. The van der Waals surface area contributed by atoms with E-state index in [-0.39, 0.29) is 10.7 Å². The summed E-state index contributed by atoms with van der Waals surface area (Å²) < 4.78 is 17.3. The zero-order valence-electron chi connectivity index (χ0n) is 20.9. The lowest BCUT2D eigenvalue weighted by molar-refractivity contribution is -0.123. The third-order valence-corrected chi connectivity index (χ3v) is 7.78. The number of anilines is 1. The maximum absolute atomic E-state index is 14.0. The highest BCUT2D eigenvalue weighted by Gasteiger charge is 2.61. The van der Waals surface area contributed by atoms with Crippen LogP contribution in [-0.4, -0.2) is 50.1 Å². The van der Waals surface area contributed by atoms with Crippen LogP contribution in [0.25, 0.3) is 0 Å².